The van der Waals surface area contributed by atoms with Gasteiger partial charge in [0.1, 0.15) is 0 Å². The fraction of sp³-hybridized carbons (Fsp3) is 1.00. The van der Waals surface area contributed by atoms with Gasteiger partial charge >= 0.3 is 0 Å². The minimum atomic E-state index is 0.0560. The quantitative estimate of drug-likeness (QED) is 0.394. The molecule has 0 rings (SSSR count). The molecule has 0 aromatic carbocycles. The molecule has 1 N–H and O–H groups in total. The third kappa shape index (κ3) is 17.9. The number of unbranched alkanes of at least 4 members (excludes halogenated alkanes) is 3. The lowest BCUT2D eigenvalue weighted by Gasteiger charge is -2.12. The van der Waals surface area contributed by atoms with E-state index in [1.807, 2.05) is 0 Å². The van der Waals surface area contributed by atoms with Crippen molar-refractivity contribution in [1.82, 2.24) is 0 Å². The zero-order valence-electron chi connectivity index (χ0n) is 14.6. The van der Waals surface area contributed by atoms with E-state index < -0.39 is 0 Å². The number of hydrogen-bond acceptors (Lipinski definition) is 5. The molecule has 134 valence electrons. The van der Waals surface area contributed by atoms with Gasteiger partial charge in [0.2, 0.25) is 0 Å². The second-order valence-electron chi connectivity index (χ2n) is 5.59. The van der Waals surface area contributed by atoms with E-state index in [2.05, 4.69) is 13.8 Å². The Hall–Kier alpha value is -0.200. The summed E-state index contributed by atoms with van der Waals surface area (Å²) >= 11 is 0. The van der Waals surface area contributed by atoms with Crippen LogP contribution in [0, 0.1) is 5.92 Å². The average molecular weight is 320 g/mol. The third-order valence-electron chi connectivity index (χ3n) is 3.30. The van der Waals surface area contributed by atoms with E-state index in [1.54, 1.807) is 0 Å². The summed E-state index contributed by atoms with van der Waals surface area (Å²) < 4.78 is 21.4. The molecule has 1 atom stereocenters. The van der Waals surface area contributed by atoms with Gasteiger partial charge in [-0.1, -0.05) is 39.5 Å². The molecule has 0 bridgehead atoms. The fourth-order valence-electron chi connectivity index (χ4n) is 2.01. The van der Waals surface area contributed by atoms with Gasteiger partial charge in [-0.05, 0) is 12.3 Å². The highest BCUT2D eigenvalue weighted by Gasteiger charge is 2.02. The topological polar surface area (TPSA) is 57.2 Å². The van der Waals surface area contributed by atoms with E-state index in [0.717, 1.165) is 6.61 Å². The molecule has 0 saturated heterocycles. The summed E-state index contributed by atoms with van der Waals surface area (Å²) in [6, 6.07) is 0. The Morgan fingerprint density at radius 2 is 1.27 bits per heavy atom. The highest BCUT2D eigenvalue weighted by molar-refractivity contribution is 4.52. The van der Waals surface area contributed by atoms with Crippen molar-refractivity contribution < 1.29 is 24.1 Å². The highest BCUT2D eigenvalue weighted by atomic mass is 16.6. The number of hydrogen-bond donors (Lipinski definition) is 1. The second-order valence-corrected chi connectivity index (χ2v) is 5.59. The second kappa shape index (κ2) is 18.8. The zero-order chi connectivity index (χ0) is 16.3. The largest absolute Gasteiger partial charge is 0.394 e. The van der Waals surface area contributed by atoms with Crippen molar-refractivity contribution in [2.45, 2.75) is 46.0 Å². The molecule has 5 heteroatoms. The van der Waals surface area contributed by atoms with Gasteiger partial charge in [-0.15, -0.1) is 0 Å². The molecule has 22 heavy (non-hydrogen) atoms. The molecule has 0 amide bonds. The highest BCUT2D eigenvalue weighted by Crippen LogP contribution is 2.10. The number of ether oxygens (including phenoxy) is 4. The van der Waals surface area contributed by atoms with Crippen LogP contribution in [0.5, 0.6) is 0 Å². The molecule has 0 spiro atoms. The van der Waals surface area contributed by atoms with E-state index in [1.165, 1.54) is 32.1 Å². The molecule has 0 aliphatic rings. The maximum absolute atomic E-state index is 8.51. The summed E-state index contributed by atoms with van der Waals surface area (Å²) in [6.45, 7) is 9.21. The van der Waals surface area contributed by atoms with Gasteiger partial charge in [0.15, 0.2) is 0 Å². The van der Waals surface area contributed by atoms with Crippen LogP contribution in [0.4, 0.5) is 0 Å². The van der Waals surface area contributed by atoms with Gasteiger partial charge in [0, 0.05) is 6.61 Å². The van der Waals surface area contributed by atoms with Crippen LogP contribution in [0.3, 0.4) is 0 Å². The molecule has 0 saturated carbocycles. The van der Waals surface area contributed by atoms with Crippen LogP contribution >= 0.6 is 0 Å². The Balaban J connectivity index is 3.07. The normalized spacial score (nSPS) is 12.7. The molecule has 0 fully saturated rings. The number of aliphatic hydroxyl groups is 1. The Kier molecular flexibility index (Phi) is 18.7. The molecule has 1 unspecified atom stereocenters. The van der Waals surface area contributed by atoms with E-state index >= 15 is 0 Å². The van der Waals surface area contributed by atoms with Crippen molar-refractivity contribution in [3.05, 3.63) is 0 Å². The summed E-state index contributed by atoms with van der Waals surface area (Å²) in [5.74, 6) is 0.638. The maximum atomic E-state index is 8.51. The van der Waals surface area contributed by atoms with E-state index in [-0.39, 0.29) is 6.61 Å². The lowest BCUT2D eigenvalue weighted by Crippen LogP contribution is -2.14. The van der Waals surface area contributed by atoms with Crippen molar-refractivity contribution in [2.75, 3.05) is 59.5 Å². The Bertz CT molecular complexity index is 201. The predicted molar refractivity (Wildman–Crippen MR) is 88.3 cm³/mol. The molecule has 0 radical (unpaired) electrons. The van der Waals surface area contributed by atoms with Crippen LogP contribution in [0.2, 0.25) is 0 Å². The van der Waals surface area contributed by atoms with Gasteiger partial charge in [0.05, 0.1) is 52.9 Å². The predicted octanol–water partition coefficient (Wildman–Crippen LogP) is 2.65. The molecule has 0 aromatic rings. The number of rotatable bonds is 18. The standard InChI is InChI=1S/C17H36O5/c1-3-4-5-6-7-17(2)16-22-15-14-21-13-12-20-11-10-19-9-8-18/h17-18H,3-16H2,1-2H3. The lowest BCUT2D eigenvalue weighted by atomic mass is 10.0. The molecule has 0 aliphatic carbocycles. The van der Waals surface area contributed by atoms with Crippen molar-refractivity contribution in [1.29, 1.82) is 0 Å². The van der Waals surface area contributed by atoms with Crippen LogP contribution in [0.15, 0.2) is 0 Å². The smallest absolute Gasteiger partial charge is 0.0701 e. The third-order valence-corrected chi connectivity index (χ3v) is 3.30. The van der Waals surface area contributed by atoms with Gasteiger partial charge in [-0.3, -0.25) is 0 Å². The van der Waals surface area contributed by atoms with Crippen molar-refractivity contribution in [3.8, 4) is 0 Å². The first kappa shape index (κ1) is 21.8. The zero-order valence-corrected chi connectivity index (χ0v) is 14.6. The minimum absolute atomic E-state index is 0.0560. The van der Waals surface area contributed by atoms with E-state index in [4.69, 9.17) is 24.1 Å². The van der Waals surface area contributed by atoms with Crippen molar-refractivity contribution in [2.24, 2.45) is 5.92 Å². The SMILES string of the molecule is CCCCCCC(C)COCCOCCOCCOCCO. The van der Waals surface area contributed by atoms with E-state index in [9.17, 15) is 0 Å². The first-order valence-corrected chi connectivity index (χ1v) is 8.73. The first-order valence-electron chi connectivity index (χ1n) is 8.73. The maximum Gasteiger partial charge on any atom is 0.0701 e. The van der Waals surface area contributed by atoms with Gasteiger partial charge in [-0.25, -0.2) is 0 Å². The minimum Gasteiger partial charge on any atom is -0.394 e. The average Bonchev–Trinajstić information content (AvgIpc) is 2.52. The van der Waals surface area contributed by atoms with Gasteiger partial charge in [0.25, 0.3) is 0 Å². The number of aliphatic hydroxyl groups excluding tert-OH is 1. The monoisotopic (exact) mass is 320 g/mol. The summed E-state index contributed by atoms with van der Waals surface area (Å²) in [5.41, 5.74) is 0. The Labute approximate surface area is 136 Å². The first-order chi connectivity index (χ1) is 10.8. The van der Waals surface area contributed by atoms with Crippen LogP contribution in [0.1, 0.15) is 46.0 Å². The Morgan fingerprint density at radius 1 is 0.727 bits per heavy atom. The molecule has 0 heterocycles. The summed E-state index contributed by atoms with van der Waals surface area (Å²) in [7, 11) is 0. The summed E-state index contributed by atoms with van der Waals surface area (Å²) in [6.07, 6.45) is 6.55. The van der Waals surface area contributed by atoms with E-state index in [0.29, 0.717) is 52.2 Å². The molecule has 5 nitrogen and oxygen atoms in total. The molecule has 0 aliphatic heterocycles. The molecule has 0 aromatic heterocycles. The van der Waals surface area contributed by atoms with Crippen LogP contribution in [-0.2, 0) is 18.9 Å². The van der Waals surface area contributed by atoms with Crippen molar-refractivity contribution in [3.63, 3.8) is 0 Å². The molecular formula is C17H36O5. The van der Waals surface area contributed by atoms with Gasteiger partial charge in [-0.2, -0.15) is 0 Å². The molecular weight excluding hydrogens is 284 g/mol. The van der Waals surface area contributed by atoms with Crippen LogP contribution in [0.25, 0.3) is 0 Å². The summed E-state index contributed by atoms with van der Waals surface area (Å²) in [4.78, 5) is 0. The van der Waals surface area contributed by atoms with Crippen molar-refractivity contribution >= 4 is 0 Å². The lowest BCUT2D eigenvalue weighted by molar-refractivity contribution is -0.00868. The summed E-state index contributed by atoms with van der Waals surface area (Å²) in [5, 5.41) is 8.51. The van der Waals surface area contributed by atoms with Crippen LogP contribution in [-0.4, -0.2) is 64.6 Å². The van der Waals surface area contributed by atoms with Gasteiger partial charge < -0.3 is 24.1 Å². The fourth-order valence-corrected chi connectivity index (χ4v) is 2.01. The Morgan fingerprint density at radius 3 is 1.82 bits per heavy atom. The van der Waals surface area contributed by atoms with Crippen LogP contribution < -0.4 is 0 Å².